The van der Waals surface area contributed by atoms with Crippen molar-refractivity contribution in [3.05, 3.63) is 46.8 Å². The van der Waals surface area contributed by atoms with E-state index in [9.17, 15) is 0 Å². The van der Waals surface area contributed by atoms with Crippen LogP contribution in [0.5, 0.6) is 0 Å². The number of rotatable bonds is 3. The second kappa shape index (κ2) is 4.36. The molecule has 0 saturated heterocycles. The van der Waals surface area contributed by atoms with E-state index < -0.39 is 0 Å². The number of hydrogen-bond acceptors (Lipinski definition) is 3. The van der Waals surface area contributed by atoms with Crippen molar-refractivity contribution >= 4 is 17.6 Å². The number of anilines is 1. The molecule has 0 radical (unpaired) electrons. The summed E-state index contributed by atoms with van der Waals surface area (Å²) >= 11 is 6.04. The van der Waals surface area contributed by atoms with E-state index in [4.69, 9.17) is 16.0 Å². The highest BCUT2D eigenvalue weighted by Gasteiger charge is 2.05. The first-order valence-corrected chi connectivity index (χ1v) is 5.03. The van der Waals surface area contributed by atoms with Gasteiger partial charge in [0.1, 0.15) is 6.26 Å². The molecule has 1 heterocycles. The lowest BCUT2D eigenvalue weighted by atomic mass is 10.1. The molecule has 2 aromatic rings. The van der Waals surface area contributed by atoms with E-state index >= 15 is 0 Å². The lowest BCUT2D eigenvalue weighted by Crippen LogP contribution is -1.91. The monoisotopic (exact) mass is 222 g/mol. The summed E-state index contributed by atoms with van der Waals surface area (Å²) in [5.74, 6) is 0. The minimum atomic E-state index is 0.525. The average molecular weight is 223 g/mol. The Kier molecular flexibility index (Phi) is 2.92. The van der Waals surface area contributed by atoms with Crippen LogP contribution in [0, 0.1) is 0 Å². The molecule has 0 unspecified atom stereocenters. The predicted octanol–water partition coefficient (Wildman–Crippen LogP) is 2.96. The van der Waals surface area contributed by atoms with Gasteiger partial charge in [0.2, 0.25) is 0 Å². The Morgan fingerprint density at radius 1 is 1.40 bits per heavy atom. The first-order chi connectivity index (χ1) is 7.29. The second-order valence-corrected chi connectivity index (χ2v) is 3.57. The third kappa shape index (κ3) is 2.30. The molecule has 1 aromatic heterocycles. The molecular formula is C11H11ClN2O. The maximum atomic E-state index is 6.04. The van der Waals surface area contributed by atoms with Gasteiger partial charge in [-0.2, -0.15) is 4.98 Å². The van der Waals surface area contributed by atoms with Crippen LogP contribution in [0.4, 0.5) is 6.01 Å². The third-order valence-corrected chi connectivity index (χ3v) is 2.46. The summed E-state index contributed by atoms with van der Waals surface area (Å²) in [5, 5.41) is 3.59. The van der Waals surface area contributed by atoms with E-state index in [0.29, 0.717) is 12.4 Å². The highest BCUT2D eigenvalue weighted by atomic mass is 35.5. The van der Waals surface area contributed by atoms with Gasteiger partial charge in [-0.25, -0.2) is 0 Å². The fraction of sp³-hybridized carbons (Fsp3) is 0.182. The van der Waals surface area contributed by atoms with Crippen LogP contribution in [0.15, 0.2) is 34.9 Å². The number of nitrogens with one attached hydrogen (secondary N) is 1. The summed E-state index contributed by atoms with van der Waals surface area (Å²) in [4.78, 5) is 4.23. The van der Waals surface area contributed by atoms with Crippen LogP contribution >= 0.6 is 11.6 Å². The highest BCUT2D eigenvalue weighted by Crippen LogP contribution is 2.19. The SMILES string of the molecule is CNc1nc(Cc2ccccc2Cl)co1. The molecule has 78 valence electrons. The van der Waals surface area contributed by atoms with Gasteiger partial charge in [-0.15, -0.1) is 0 Å². The molecule has 0 saturated carbocycles. The average Bonchev–Trinajstić information content (AvgIpc) is 2.69. The molecular weight excluding hydrogens is 212 g/mol. The normalized spacial score (nSPS) is 10.3. The molecule has 0 aliphatic heterocycles. The summed E-state index contributed by atoms with van der Waals surface area (Å²) in [6, 6.07) is 8.25. The topological polar surface area (TPSA) is 38.1 Å². The zero-order valence-electron chi connectivity index (χ0n) is 8.33. The van der Waals surface area contributed by atoms with Crippen LogP contribution in [0.2, 0.25) is 5.02 Å². The van der Waals surface area contributed by atoms with Crippen LogP contribution in [0.25, 0.3) is 0 Å². The standard InChI is InChI=1S/C11H11ClN2O/c1-13-11-14-9(7-15-11)6-8-4-2-3-5-10(8)12/h2-5,7H,6H2,1H3,(H,13,14). The minimum Gasteiger partial charge on any atom is -0.432 e. The van der Waals surface area contributed by atoms with Gasteiger partial charge >= 0.3 is 0 Å². The fourth-order valence-electron chi connectivity index (χ4n) is 1.34. The Bertz CT molecular complexity index is 453. The summed E-state index contributed by atoms with van der Waals surface area (Å²) < 4.78 is 5.16. The molecule has 0 fully saturated rings. The molecule has 0 atom stereocenters. The highest BCUT2D eigenvalue weighted by molar-refractivity contribution is 6.31. The van der Waals surface area contributed by atoms with E-state index in [0.717, 1.165) is 16.3 Å². The molecule has 3 nitrogen and oxygen atoms in total. The Morgan fingerprint density at radius 2 is 2.20 bits per heavy atom. The van der Waals surface area contributed by atoms with Gasteiger partial charge in [-0.3, -0.25) is 0 Å². The minimum absolute atomic E-state index is 0.525. The number of aromatic nitrogens is 1. The van der Waals surface area contributed by atoms with Crippen LogP contribution in [0.1, 0.15) is 11.3 Å². The third-order valence-electron chi connectivity index (χ3n) is 2.10. The maximum absolute atomic E-state index is 6.04. The fourth-order valence-corrected chi connectivity index (χ4v) is 1.54. The van der Waals surface area contributed by atoms with Crippen molar-refractivity contribution in [3.63, 3.8) is 0 Å². The first-order valence-electron chi connectivity index (χ1n) is 4.65. The van der Waals surface area contributed by atoms with E-state index in [2.05, 4.69) is 10.3 Å². The van der Waals surface area contributed by atoms with Gasteiger partial charge < -0.3 is 9.73 Å². The summed E-state index contributed by atoms with van der Waals surface area (Å²) in [6.45, 7) is 0. The molecule has 0 bridgehead atoms. The van der Waals surface area contributed by atoms with Crippen molar-refractivity contribution in [2.45, 2.75) is 6.42 Å². The largest absolute Gasteiger partial charge is 0.432 e. The number of nitrogens with zero attached hydrogens (tertiary/aromatic N) is 1. The molecule has 1 N–H and O–H groups in total. The molecule has 0 amide bonds. The van der Waals surface area contributed by atoms with E-state index in [1.165, 1.54) is 0 Å². The van der Waals surface area contributed by atoms with Gasteiger partial charge in [0.15, 0.2) is 0 Å². The number of oxazole rings is 1. The lowest BCUT2D eigenvalue weighted by Gasteiger charge is -1.99. The van der Waals surface area contributed by atoms with Crippen molar-refractivity contribution in [1.29, 1.82) is 0 Å². The van der Waals surface area contributed by atoms with Crippen LogP contribution in [-0.2, 0) is 6.42 Å². The molecule has 15 heavy (non-hydrogen) atoms. The first kappa shape index (κ1) is 10.1. The number of halogens is 1. The van der Waals surface area contributed by atoms with Gasteiger partial charge in [-0.1, -0.05) is 29.8 Å². The molecule has 0 aliphatic carbocycles. The maximum Gasteiger partial charge on any atom is 0.294 e. The van der Waals surface area contributed by atoms with Crippen molar-refractivity contribution in [2.75, 3.05) is 12.4 Å². The summed E-state index contributed by atoms with van der Waals surface area (Å²) in [5.41, 5.74) is 1.92. The zero-order chi connectivity index (χ0) is 10.7. The van der Waals surface area contributed by atoms with Crippen molar-refractivity contribution in [2.24, 2.45) is 0 Å². The predicted molar refractivity (Wildman–Crippen MR) is 60.3 cm³/mol. The quantitative estimate of drug-likeness (QED) is 0.868. The Morgan fingerprint density at radius 3 is 2.87 bits per heavy atom. The zero-order valence-corrected chi connectivity index (χ0v) is 9.08. The van der Waals surface area contributed by atoms with Gasteiger partial charge in [0, 0.05) is 18.5 Å². The van der Waals surface area contributed by atoms with Crippen molar-refractivity contribution in [1.82, 2.24) is 4.98 Å². The van der Waals surface area contributed by atoms with E-state index in [1.54, 1.807) is 13.3 Å². The molecule has 0 aliphatic rings. The summed E-state index contributed by atoms with van der Waals surface area (Å²) in [7, 11) is 1.77. The molecule has 1 aromatic carbocycles. The second-order valence-electron chi connectivity index (χ2n) is 3.16. The number of hydrogen-bond donors (Lipinski definition) is 1. The molecule has 4 heteroatoms. The van der Waals surface area contributed by atoms with E-state index in [-0.39, 0.29) is 0 Å². The van der Waals surface area contributed by atoms with Gasteiger partial charge in [0.25, 0.3) is 6.01 Å². The van der Waals surface area contributed by atoms with Gasteiger partial charge in [0.05, 0.1) is 5.69 Å². The van der Waals surface area contributed by atoms with Gasteiger partial charge in [-0.05, 0) is 11.6 Å². The molecule has 2 rings (SSSR count). The smallest absolute Gasteiger partial charge is 0.294 e. The Hall–Kier alpha value is -1.48. The Balaban J connectivity index is 2.18. The van der Waals surface area contributed by atoms with E-state index in [1.807, 2.05) is 24.3 Å². The lowest BCUT2D eigenvalue weighted by molar-refractivity contribution is 0.574. The van der Waals surface area contributed by atoms with Crippen LogP contribution in [-0.4, -0.2) is 12.0 Å². The van der Waals surface area contributed by atoms with Crippen LogP contribution < -0.4 is 5.32 Å². The van der Waals surface area contributed by atoms with Crippen LogP contribution in [0.3, 0.4) is 0 Å². The van der Waals surface area contributed by atoms with Crippen molar-refractivity contribution in [3.8, 4) is 0 Å². The Labute approximate surface area is 93.1 Å². The molecule has 0 spiro atoms. The number of benzene rings is 1. The summed E-state index contributed by atoms with van der Waals surface area (Å²) in [6.07, 6.45) is 2.32. The van der Waals surface area contributed by atoms with Crippen molar-refractivity contribution < 1.29 is 4.42 Å².